The number of carbonyl (C=O) groups is 2. The van der Waals surface area contributed by atoms with Crippen molar-refractivity contribution in [2.45, 2.75) is 18.6 Å². The standard InChI is InChI=1S/C18H16F3N5O3S/c1-2-26-17(12-4-3-7-29-12)24-25-18(26)30-9-14(28)22-8-13(27)23-11-6-5-10(19)15(20)16(11)21/h3-7H,2,8-9H2,1H3,(H,22,28)(H,23,27). The normalized spacial score (nSPS) is 10.8. The first-order valence-corrected chi connectivity index (χ1v) is 9.69. The number of amides is 2. The quantitative estimate of drug-likeness (QED) is 0.413. The van der Waals surface area contributed by atoms with Crippen molar-refractivity contribution in [1.29, 1.82) is 0 Å². The van der Waals surface area contributed by atoms with E-state index in [-0.39, 0.29) is 5.75 Å². The fourth-order valence-corrected chi connectivity index (χ4v) is 3.28. The Balaban J connectivity index is 1.51. The molecule has 2 aromatic heterocycles. The van der Waals surface area contributed by atoms with Crippen LogP contribution in [0.25, 0.3) is 11.6 Å². The highest BCUT2D eigenvalue weighted by molar-refractivity contribution is 7.99. The molecule has 12 heteroatoms. The molecule has 0 saturated carbocycles. The first-order chi connectivity index (χ1) is 14.4. The van der Waals surface area contributed by atoms with Crippen molar-refractivity contribution >= 4 is 29.3 Å². The zero-order valence-electron chi connectivity index (χ0n) is 15.6. The van der Waals surface area contributed by atoms with Crippen molar-refractivity contribution in [1.82, 2.24) is 20.1 Å². The van der Waals surface area contributed by atoms with Crippen LogP contribution in [-0.2, 0) is 16.1 Å². The van der Waals surface area contributed by atoms with E-state index in [2.05, 4.69) is 20.8 Å². The molecule has 0 saturated heterocycles. The smallest absolute Gasteiger partial charge is 0.243 e. The molecule has 30 heavy (non-hydrogen) atoms. The number of thioether (sulfide) groups is 1. The van der Waals surface area contributed by atoms with E-state index in [1.54, 1.807) is 16.7 Å². The maximum absolute atomic E-state index is 13.6. The minimum atomic E-state index is -1.69. The predicted octanol–water partition coefficient (Wildman–Crippen LogP) is 2.82. The Morgan fingerprint density at radius 2 is 1.93 bits per heavy atom. The number of carbonyl (C=O) groups excluding carboxylic acids is 2. The van der Waals surface area contributed by atoms with Crippen LogP contribution in [0.15, 0.2) is 40.1 Å². The Hall–Kier alpha value is -3.28. The van der Waals surface area contributed by atoms with E-state index in [0.29, 0.717) is 29.4 Å². The Morgan fingerprint density at radius 1 is 1.13 bits per heavy atom. The van der Waals surface area contributed by atoms with Crippen molar-refractivity contribution in [3.63, 3.8) is 0 Å². The van der Waals surface area contributed by atoms with Gasteiger partial charge in [0.25, 0.3) is 0 Å². The van der Waals surface area contributed by atoms with Gasteiger partial charge < -0.3 is 15.1 Å². The van der Waals surface area contributed by atoms with Gasteiger partial charge in [-0.1, -0.05) is 11.8 Å². The minimum absolute atomic E-state index is 0.0525. The van der Waals surface area contributed by atoms with Gasteiger partial charge in [-0.3, -0.25) is 14.2 Å². The third-order valence-electron chi connectivity index (χ3n) is 3.86. The minimum Gasteiger partial charge on any atom is -0.461 e. The molecule has 2 heterocycles. The molecule has 0 fully saturated rings. The first-order valence-electron chi connectivity index (χ1n) is 8.70. The highest BCUT2D eigenvalue weighted by Gasteiger charge is 2.18. The average molecular weight is 439 g/mol. The van der Waals surface area contributed by atoms with Crippen LogP contribution in [0.2, 0.25) is 0 Å². The van der Waals surface area contributed by atoms with Gasteiger partial charge in [0.15, 0.2) is 34.2 Å². The van der Waals surface area contributed by atoms with Gasteiger partial charge in [-0.2, -0.15) is 0 Å². The van der Waals surface area contributed by atoms with Crippen LogP contribution in [0.4, 0.5) is 18.9 Å². The highest BCUT2D eigenvalue weighted by Crippen LogP contribution is 2.24. The summed E-state index contributed by atoms with van der Waals surface area (Å²) in [7, 11) is 0. The summed E-state index contributed by atoms with van der Waals surface area (Å²) in [6.07, 6.45) is 1.52. The second-order valence-electron chi connectivity index (χ2n) is 5.86. The van der Waals surface area contributed by atoms with Gasteiger partial charge in [0.1, 0.15) is 0 Å². The molecule has 0 atom stereocenters. The Morgan fingerprint density at radius 3 is 2.63 bits per heavy atom. The highest BCUT2D eigenvalue weighted by atomic mass is 32.2. The van der Waals surface area contributed by atoms with Gasteiger partial charge in [0.05, 0.1) is 24.2 Å². The van der Waals surface area contributed by atoms with Crippen LogP contribution in [0.5, 0.6) is 0 Å². The van der Waals surface area contributed by atoms with Crippen LogP contribution >= 0.6 is 11.8 Å². The first kappa shape index (κ1) is 21.4. The molecule has 3 rings (SSSR count). The van der Waals surface area contributed by atoms with Gasteiger partial charge in [-0.15, -0.1) is 10.2 Å². The summed E-state index contributed by atoms with van der Waals surface area (Å²) < 4.78 is 46.7. The maximum atomic E-state index is 13.6. The molecule has 158 valence electrons. The molecular formula is C18H16F3N5O3S. The Labute approximate surface area is 172 Å². The second-order valence-corrected chi connectivity index (χ2v) is 6.81. The van der Waals surface area contributed by atoms with Crippen molar-refractivity contribution in [3.05, 3.63) is 48.0 Å². The van der Waals surface area contributed by atoms with Crippen LogP contribution in [0.3, 0.4) is 0 Å². The van der Waals surface area contributed by atoms with E-state index in [4.69, 9.17) is 4.42 Å². The van der Waals surface area contributed by atoms with Gasteiger partial charge in [0, 0.05) is 6.54 Å². The number of halogens is 3. The third kappa shape index (κ3) is 4.82. The van der Waals surface area contributed by atoms with E-state index < -0.39 is 41.5 Å². The summed E-state index contributed by atoms with van der Waals surface area (Å²) in [5, 5.41) is 13.0. The van der Waals surface area contributed by atoms with E-state index in [9.17, 15) is 22.8 Å². The molecule has 0 radical (unpaired) electrons. The van der Waals surface area contributed by atoms with Gasteiger partial charge in [-0.05, 0) is 31.2 Å². The van der Waals surface area contributed by atoms with E-state index in [0.717, 1.165) is 17.8 Å². The third-order valence-corrected chi connectivity index (χ3v) is 4.83. The van der Waals surface area contributed by atoms with Gasteiger partial charge >= 0.3 is 0 Å². The zero-order chi connectivity index (χ0) is 21.7. The SMILES string of the molecule is CCn1c(SCC(=O)NCC(=O)Nc2ccc(F)c(F)c2F)nnc1-c1ccco1. The fraction of sp³-hybridized carbons (Fsp3) is 0.222. The molecule has 0 spiro atoms. The molecule has 1 aromatic carbocycles. The largest absolute Gasteiger partial charge is 0.461 e. The lowest BCUT2D eigenvalue weighted by Gasteiger charge is -2.09. The number of hydrogen-bond donors (Lipinski definition) is 2. The van der Waals surface area contributed by atoms with Crippen LogP contribution < -0.4 is 10.6 Å². The summed E-state index contributed by atoms with van der Waals surface area (Å²) in [6.45, 7) is 1.97. The van der Waals surface area contributed by atoms with Crippen LogP contribution in [0.1, 0.15) is 6.92 Å². The lowest BCUT2D eigenvalue weighted by Crippen LogP contribution is -2.34. The molecule has 0 aliphatic heterocycles. The molecule has 0 bridgehead atoms. The Bertz CT molecular complexity index is 1060. The molecule has 2 amide bonds. The number of benzene rings is 1. The monoisotopic (exact) mass is 439 g/mol. The average Bonchev–Trinajstić information content (AvgIpc) is 3.40. The molecule has 0 unspecified atom stereocenters. The summed E-state index contributed by atoms with van der Waals surface area (Å²) in [6, 6.07) is 5.04. The Kier molecular flexibility index (Phi) is 6.77. The lowest BCUT2D eigenvalue weighted by molar-refractivity contribution is -0.122. The number of furan rings is 1. The van der Waals surface area contributed by atoms with Crippen molar-refractivity contribution in [3.8, 4) is 11.6 Å². The molecule has 0 aliphatic rings. The van der Waals surface area contributed by atoms with E-state index >= 15 is 0 Å². The number of hydrogen-bond acceptors (Lipinski definition) is 6. The molecular weight excluding hydrogens is 423 g/mol. The summed E-state index contributed by atoms with van der Waals surface area (Å²) >= 11 is 1.11. The van der Waals surface area contributed by atoms with Crippen molar-refractivity contribution in [2.24, 2.45) is 0 Å². The topological polar surface area (TPSA) is 102 Å². The van der Waals surface area contributed by atoms with Gasteiger partial charge in [0.2, 0.25) is 11.8 Å². The number of nitrogens with zero attached hydrogens (tertiary/aromatic N) is 3. The molecule has 8 nitrogen and oxygen atoms in total. The molecule has 2 N–H and O–H groups in total. The fourth-order valence-electron chi connectivity index (χ4n) is 2.45. The van der Waals surface area contributed by atoms with E-state index in [1.807, 2.05) is 6.92 Å². The summed E-state index contributed by atoms with van der Waals surface area (Å²) in [5.41, 5.74) is -0.524. The molecule has 3 aromatic rings. The second kappa shape index (κ2) is 9.48. The summed E-state index contributed by atoms with van der Waals surface area (Å²) in [5.74, 6) is -4.84. The van der Waals surface area contributed by atoms with Crippen molar-refractivity contribution < 1.29 is 27.2 Å². The maximum Gasteiger partial charge on any atom is 0.243 e. The van der Waals surface area contributed by atoms with E-state index in [1.165, 1.54) is 6.26 Å². The number of nitrogens with one attached hydrogen (secondary N) is 2. The van der Waals surface area contributed by atoms with Crippen LogP contribution in [0, 0.1) is 17.5 Å². The predicted molar refractivity (Wildman–Crippen MR) is 102 cm³/mol. The zero-order valence-corrected chi connectivity index (χ0v) is 16.4. The molecule has 0 aliphatic carbocycles. The number of anilines is 1. The van der Waals surface area contributed by atoms with Crippen molar-refractivity contribution in [2.75, 3.05) is 17.6 Å². The lowest BCUT2D eigenvalue weighted by atomic mass is 10.2. The van der Waals surface area contributed by atoms with Crippen LogP contribution in [-0.4, -0.2) is 38.9 Å². The number of aromatic nitrogens is 3. The number of rotatable bonds is 8. The summed E-state index contributed by atoms with van der Waals surface area (Å²) in [4.78, 5) is 23.8. The van der Waals surface area contributed by atoms with Gasteiger partial charge in [-0.25, -0.2) is 13.2 Å².